The zero-order valence-corrected chi connectivity index (χ0v) is 14.0. The van der Waals surface area contributed by atoms with Gasteiger partial charge in [-0.1, -0.05) is 19.0 Å². The van der Waals surface area contributed by atoms with E-state index in [0.29, 0.717) is 31.3 Å². The summed E-state index contributed by atoms with van der Waals surface area (Å²) in [5.41, 5.74) is 0.975. The van der Waals surface area contributed by atoms with Gasteiger partial charge in [-0.25, -0.2) is 4.79 Å². The molecule has 1 aliphatic heterocycles. The number of hydrogen-bond donors (Lipinski definition) is 1. The predicted octanol–water partition coefficient (Wildman–Crippen LogP) is 2.90. The van der Waals surface area contributed by atoms with E-state index >= 15 is 0 Å². The van der Waals surface area contributed by atoms with Gasteiger partial charge in [0.2, 0.25) is 0 Å². The van der Waals surface area contributed by atoms with Crippen molar-refractivity contribution in [2.45, 2.75) is 65.2 Å². The predicted molar refractivity (Wildman–Crippen MR) is 83.6 cm³/mol. The smallest absolute Gasteiger partial charge is 0.317 e. The van der Waals surface area contributed by atoms with Gasteiger partial charge < -0.3 is 19.5 Å². The van der Waals surface area contributed by atoms with Crippen LogP contribution in [0.15, 0.2) is 10.6 Å². The molecule has 124 valence electrons. The molecule has 1 aromatic rings. The van der Waals surface area contributed by atoms with Crippen LogP contribution in [0.5, 0.6) is 0 Å². The molecule has 0 saturated carbocycles. The van der Waals surface area contributed by atoms with E-state index in [4.69, 9.17) is 9.26 Å². The maximum Gasteiger partial charge on any atom is 0.317 e. The van der Waals surface area contributed by atoms with Crippen LogP contribution >= 0.6 is 0 Å². The average Bonchev–Trinajstić information content (AvgIpc) is 2.94. The lowest BCUT2D eigenvalue weighted by Gasteiger charge is -2.35. The third-order valence-corrected chi connectivity index (χ3v) is 4.10. The second kappa shape index (κ2) is 7.63. The minimum atomic E-state index is -0.0810. The Morgan fingerprint density at radius 3 is 2.59 bits per heavy atom. The van der Waals surface area contributed by atoms with E-state index in [-0.39, 0.29) is 18.2 Å². The number of carbonyl (C=O) groups is 1. The molecule has 0 aromatic carbocycles. The molecule has 1 saturated heterocycles. The quantitative estimate of drug-likeness (QED) is 0.908. The Morgan fingerprint density at radius 1 is 1.36 bits per heavy atom. The van der Waals surface area contributed by atoms with Crippen LogP contribution in [-0.2, 0) is 11.3 Å². The first kappa shape index (κ1) is 16.8. The SMILES string of the molecule is CCC(CC)c1cc(CNC(=O)N2C[C@@H](C)O[C@H](C)C2)on1. The maximum atomic E-state index is 12.2. The van der Waals surface area contributed by atoms with Crippen molar-refractivity contribution in [1.29, 1.82) is 0 Å². The molecule has 2 heterocycles. The first-order valence-electron chi connectivity index (χ1n) is 8.17. The standard InChI is InChI=1S/C16H27N3O3/c1-5-13(6-2)15-7-14(22-18-15)8-17-16(20)19-9-11(3)21-12(4)10-19/h7,11-13H,5-6,8-10H2,1-4H3,(H,17,20)/t11-,12-/m1/s1. The van der Waals surface area contributed by atoms with Crippen molar-refractivity contribution in [3.05, 3.63) is 17.5 Å². The Labute approximate surface area is 132 Å². The second-order valence-corrected chi connectivity index (χ2v) is 6.05. The van der Waals surface area contributed by atoms with Gasteiger partial charge in [-0.15, -0.1) is 0 Å². The van der Waals surface area contributed by atoms with Crippen LogP contribution in [0.4, 0.5) is 4.79 Å². The lowest BCUT2D eigenvalue weighted by Crippen LogP contribution is -2.51. The van der Waals surface area contributed by atoms with Gasteiger partial charge in [-0.05, 0) is 26.7 Å². The second-order valence-electron chi connectivity index (χ2n) is 6.05. The first-order valence-corrected chi connectivity index (χ1v) is 8.17. The minimum Gasteiger partial charge on any atom is -0.372 e. The van der Waals surface area contributed by atoms with Crippen LogP contribution in [0.2, 0.25) is 0 Å². The number of morpholine rings is 1. The molecule has 2 amide bonds. The molecule has 1 fully saturated rings. The number of nitrogens with zero attached hydrogens (tertiary/aromatic N) is 2. The van der Waals surface area contributed by atoms with Crippen molar-refractivity contribution in [3.63, 3.8) is 0 Å². The molecule has 1 aromatic heterocycles. The highest BCUT2D eigenvalue weighted by Gasteiger charge is 2.25. The number of nitrogens with one attached hydrogen (secondary N) is 1. The summed E-state index contributed by atoms with van der Waals surface area (Å²) in [6.45, 7) is 9.85. The molecule has 6 nitrogen and oxygen atoms in total. The monoisotopic (exact) mass is 309 g/mol. The van der Waals surface area contributed by atoms with Crippen LogP contribution in [0.3, 0.4) is 0 Å². The Hall–Kier alpha value is -1.56. The van der Waals surface area contributed by atoms with Crippen LogP contribution in [0.25, 0.3) is 0 Å². The average molecular weight is 309 g/mol. The van der Waals surface area contributed by atoms with Gasteiger partial charge in [0.05, 0.1) is 24.4 Å². The fraction of sp³-hybridized carbons (Fsp3) is 0.750. The van der Waals surface area contributed by atoms with Gasteiger partial charge in [0.15, 0.2) is 5.76 Å². The van der Waals surface area contributed by atoms with E-state index in [1.54, 1.807) is 4.90 Å². The van der Waals surface area contributed by atoms with Crippen LogP contribution in [0.1, 0.15) is 57.9 Å². The largest absolute Gasteiger partial charge is 0.372 e. The number of amides is 2. The summed E-state index contributed by atoms with van der Waals surface area (Å²) in [6.07, 6.45) is 2.22. The van der Waals surface area contributed by atoms with Gasteiger partial charge in [0.25, 0.3) is 0 Å². The number of rotatable bonds is 5. The summed E-state index contributed by atoms with van der Waals surface area (Å²) < 4.78 is 11.0. The molecule has 2 rings (SSSR count). The van der Waals surface area contributed by atoms with Gasteiger partial charge >= 0.3 is 6.03 Å². The van der Waals surface area contributed by atoms with E-state index in [0.717, 1.165) is 18.5 Å². The van der Waals surface area contributed by atoms with Gasteiger partial charge in [-0.2, -0.15) is 0 Å². The molecule has 1 N–H and O–H groups in total. The highest BCUT2D eigenvalue weighted by atomic mass is 16.5. The minimum absolute atomic E-state index is 0.0706. The number of aromatic nitrogens is 1. The van der Waals surface area contributed by atoms with E-state index in [1.165, 1.54) is 0 Å². The maximum absolute atomic E-state index is 12.2. The normalized spacial score (nSPS) is 22.1. The Balaban J connectivity index is 1.86. The van der Waals surface area contributed by atoms with E-state index in [1.807, 2.05) is 19.9 Å². The van der Waals surface area contributed by atoms with Gasteiger partial charge in [0, 0.05) is 25.1 Å². The number of hydrogen-bond acceptors (Lipinski definition) is 4. The molecule has 22 heavy (non-hydrogen) atoms. The first-order chi connectivity index (χ1) is 10.5. The fourth-order valence-corrected chi connectivity index (χ4v) is 2.93. The third kappa shape index (κ3) is 4.22. The van der Waals surface area contributed by atoms with Gasteiger partial charge in [0.1, 0.15) is 0 Å². The van der Waals surface area contributed by atoms with Crippen molar-refractivity contribution >= 4 is 6.03 Å². The number of urea groups is 1. The van der Waals surface area contributed by atoms with E-state index in [9.17, 15) is 4.79 Å². The van der Waals surface area contributed by atoms with Crippen molar-refractivity contribution in [2.75, 3.05) is 13.1 Å². The molecule has 0 spiro atoms. The summed E-state index contributed by atoms with van der Waals surface area (Å²) in [5, 5.41) is 7.01. The van der Waals surface area contributed by atoms with Crippen molar-refractivity contribution in [1.82, 2.24) is 15.4 Å². The molecule has 0 unspecified atom stereocenters. The summed E-state index contributed by atoms with van der Waals surface area (Å²) in [6, 6.07) is 1.87. The van der Waals surface area contributed by atoms with Crippen LogP contribution in [0, 0.1) is 0 Å². The molecule has 2 atom stereocenters. The third-order valence-electron chi connectivity index (χ3n) is 4.10. The zero-order chi connectivity index (χ0) is 16.1. The molecular weight excluding hydrogens is 282 g/mol. The zero-order valence-electron chi connectivity index (χ0n) is 14.0. The highest BCUT2D eigenvalue weighted by Crippen LogP contribution is 2.22. The Kier molecular flexibility index (Phi) is 5.83. The molecule has 0 radical (unpaired) electrons. The molecular formula is C16H27N3O3. The Bertz CT molecular complexity index is 475. The lowest BCUT2D eigenvalue weighted by atomic mass is 9.99. The van der Waals surface area contributed by atoms with Gasteiger partial charge in [-0.3, -0.25) is 0 Å². The number of carbonyl (C=O) groups excluding carboxylic acids is 1. The van der Waals surface area contributed by atoms with E-state index < -0.39 is 0 Å². The summed E-state index contributed by atoms with van der Waals surface area (Å²) >= 11 is 0. The molecule has 0 bridgehead atoms. The van der Waals surface area contributed by atoms with Crippen molar-refractivity contribution in [2.24, 2.45) is 0 Å². The summed E-state index contributed by atoms with van der Waals surface area (Å²) in [4.78, 5) is 14.0. The van der Waals surface area contributed by atoms with Crippen molar-refractivity contribution < 1.29 is 14.1 Å². The molecule has 6 heteroatoms. The van der Waals surface area contributed by atoms with Crippen LogP contribution < -0.4 is 5.32 Å². The molecule has 0 aliphatic carbocycles. The van der Waals surface area contributed by atoms with Crippen molar-refractivity contribution in [3.8, 4) is 0 Å². The summed E-state index contributed by atoms with van der Waals surface area (Å²) in [5.74, 6) is 1.12. The Morgan fingerprint density at radius 2 is 2.00 bits per heavy atom. The number of ether oxygens (including phenoxy) is 1. The lowest BCUT2D eigenvalue weighted by molar-refractivity contribution is -0.0545. The topological polar surface area (TPSA) is 67.6 Å². The summed E-state index contributed by atoms with van der Waals surface area (Å²) in [7, 11) is 0. The fourth-order valence-electron chi connectivity index (χ4n) is 2.93. The molecule has 1 aliphatic rings. The van der Waals surface area contributed by atoms with E-state index in [2.05, 4.69) is 24.3 Å². The van der Waals surface area contributed by atoms with Crippen LogP contribution in [-0.4, -0.2) is 41.4 Å². The highest BCUT2D eigenvalue weighted by molar-refractivity contribution is 5.74.